The van der Waals surface area contributed by atoms with Gasteiger partial charge >= 0.3 is 0 Å². The first-order valence-electron chi connectivity index (χ1n) is 8.33. The van der Waals surface area contributed by atoms with Crippen molar-refractivity contribution in [2.75, 3.05) is 18.9 Å². The van der Waals surface area contributed by atoms with E-state index in [9.17, 15) is 8.42 Å². The molecule has 0 unspecified atom stereocenters. The van der Waals surface area contributed by atoms with Gasteiger partial charge in [-0.3, -0.25) is 4.72 Å². The number of methoxy groups -OCH3 is 2. The Labute approximate surface area is 168 Å². The number of hydrogen-bond donors (Lipinski definition) is 1. The van der Waals surface area contributed by atoms with Crippen LogP contribution < -0.4 is 14.2 Å². The van der Waals surface area contributed by atoms with E-state index in [1.807, 2.05) is 0 Å². The van der Waals surface area contributed by atoms with Gasteiger partial charge in [-0.15, -0.1) is 0 Å². The Balaban J connectivity index is 2.02. The molecule has 0 atom stereocenters. The predicted octanol–water partition coefficient (Wildman–Crippen LogP) is 3.96. The number of nitrogens with zero attached hydrogens (tertiary/aromatic N) is 2. The van der Waals surface area contributed by atoms with Gasteiger partial charge in [-0.1, -0.05) is 11.6 Å². The third-order valence-corrected chi connectivity index (χ3v) is 6.05. The standard InChI is InChI=1S/C19H20ClN3O4S/c1-12-19(13(2)23(21-12)16-7-5-14(20)6-8-16)28(24,25)22-15-9-17(26-3)11-18(10-15)27-4/h5-11,22H,1-4H3. The zero-order chi connectivity index (χ0) is 20.5. The lowest BCUT2D eigenvalue weighted by atomic mass is 10.3. The summed E-state index contributed by atoms with van der Waals surface area (Å²) in [6.45, 7) is 3.36. The molecular weight excluding hydrogens is 402 g/mol. The summed E-state index contributed by atoms with van der Waals surface area (Å²) in [5.41, 5.74) is 1.92. The average molecular weight is 422 g/mol. The SMILES string of the molecule is COc1cc(NS(=O)(=O)c2c(C)nn(-c3ccc(Cl)cc3)c2C)cc(OC)c1. The van der Waals surface area contributed by atoms with Crippen molar-refractivity contribution >= 4 is 27.3 Å². The highest BCUT2D eigenvalue weighted by molar-refractivity contribution is 7.92. The summed E-state index contributed by atoms with van der Waals surface area (Å²) >= 11 is 5.93. The lowest BCUT2D eigenvalue weighted by molar-refractivity contribution is 0.395. The van der Waals surface area contributed by atoms with Crippen LogP contribution in [0.5, 0.6) is 11.5 Å². The number of ether oxygens (including phenoxy) is 2. The van der Waals surface area contributed by atoms with E-state index >= 15 is 0 Å². The van der Waals surface area contributed by atoms with Crippen molar-refractivity contribution in [2.24, 2.45) is 0 Å². The lowest BCUT2D eigenvalue weighted by Gasteiger charge is -2.12. The Hall–Kier alpha value is -2.71. The van der Waals surface area contributed by atoms with Crippen LogP contribution in [-0.4, -0.2) is 32.4 Å². The van der Waals surface area contributed by atoms with Gasteiger partial charge in [-0.25, -0.2) is 13.1 Å². The number of nitrogens with one attached hydrogen (secondary N) is 1. The van der Waals surface area contributed by atoms with Crippen molar-refractivity contribution in [3.8, 4) is 17.2 Å². The highest BCUT2D eigenvalue weighted by Gasteiger charge is 2.25. The fourth-order valence-electron chi connectivity index (χ4n) is 2.92. The zero-order valence-electron chi connectivity index (χ0n) is 15.9. The molecule has 148 valence electrons. The minimum absolute atomic E-state index is 0.115. The quantitative estimate of drug-likeness (QED) is 0.651. The molecule has 0 saturated carbocycles. The molecule has 0 fully saturated rings. The van der Waals surface area contributed by atoms with E-state index in [1.165, 1.54) is 14.2 Å². The minimum atomic E-state index is -3.89. The summed E-state index contributed by atoms with van der Waals surface area (Å²) in [6.07, 6.45) is 0. The number of aromatic nitrogens is 2. The monoisotopic (exact) mass is 421 g/mol. The molecule has 1 heterocycles. The van der Waals surface area contributed by atoms with Crippen molar-refractivity contribution in [1.29, 1.82) is 0 Å². The number of hydrogen-bond acceptors (Lipinski definition) is 5. The Morgan fingerprint density at radius 2 is 1.57 bits per heavy atom. The summed E-state index contributed by atoms with van der Waals surface area (Å²) in [5.74, 6) is 0.949. The Morgan fingerprint density at radius 1 is 1.00 bits per heavy atom. The van der Waals surface area contributed by atoms with Crippen molar-refractivity contribution in [2.45, 2.75) is 18.7 Å². The normalized spacial score (nSPS) is 11.3. The van der Waals surface area contributed by atoms with E-state index in [0.29, 0.717) is 33.6 Å². The van der Waals surface area contributed by atoms with Crippen LogP contribution in [0.15, 0.2) is 47.4 Å². The summed E-state index contributed by atoms with van der Waals surface area (Å²) in [6, 6.07) is 11.8. The minimum Gasteiger partial charge on any atom is -0.497 e. The maximum atomic E-state index is 13.1. The van der Waals surface area contributed by atoms with E-state index in [0.717, 1.165) is 5.69 Å². The molecule has 2 aromatic carbocycles. The molecule has 0 aliphatic heterocycles. The van der Waals surface area contributed by atoms with E-state index in [2.05, 4.69) is 9.82 Å². The van der Waals surface area contributed by atoms with Crippen LogP contribution in [0.1, 0.15) is 11.4 Å². The average Bonchev–Trinajstić information content (AvgIpc) is 2.96. The zero-order valence-corrected chi connectivity index (χ0v) is 17.4. The molecule has 1 aromatic heterocycles. The first-order chi connectivity index (χ1) is 13.2. The molecule has 0 amide bonds. The Kier molecular flexibility index (Phi) is 5.53. The van der Waals surface area contributed by atoms with Crippen LogP contribution in [0, 0.1) is 13.8 Å². The van der Waals surface area contributed by atoms with Crippen molar-refractivity contribution in [3.05, 3.63) is 58.9 Å². The number of rotatable bonds is 6. The highest BCUT2D eigenvalue weighted by Crippen LogP contribution is 2.29. The third kappa shape index (κ3) is 3.93. The number of anilines is 1. The number of sulfonamides is 1. The van der Waals surface area contributed by atoms with Gasteiger partial charge in [0.1, 0.15) is 16.4 Å². The largest absolute Gasteiger partial charge is 0.497 e. The molecule has 28 heavy (non-hydrogen) atoms. The fourth-order valence-corrected chi connectivity index (χ4v) is 4.48. The number of halogens is 1. The first-order valence-corrected chi connectivity index (χ1v) is 10.2. The van der Waals surface area contributed by atoms with Crippen LogP contribution in [0.4, 0.5) is 5.69 Å². The van der Waals surface area contributed by atoms with Gasteiger partial charge in [0.05, 0.1) is 37.0 Å². The van der Waals surface area contributed by atoms with E-state index in [1.54, 1.807) is 61.0 Å². The molecule has 9 heteroatoms. The second-order valence-electron chi connectivity index (χ2n) is 6.10. The van der Waals surface area contributed by atoms with Gasteiger partial charge in [-0.2, -0.15) is 5.10 Å². The second kappa shape index (κ2) is 7.73. The van der Waals surface area contributed by atoms with Gasteiger partial charge in [0, 0.05) is 23.2 Å². The molecule has 0 spiro atoms. The fraction of sp³-hybridized carbons (Fsp3) is 0.211. The topological polar surface area (TPSA) is 82.5 Å². The Bertz CT molecular complexity index is 1090. The molecule has 0 bridgehead atoms. The van der Waals surface area contributed by atoms with Gasteiger partial charge < -0.3 is 9.47 Å². The third-order valence-electron chi connectivity index (χ3n) is 4.17. The van der Waals surface area contributed by atoms with E-state index < -0.39 is 10.0 Å². The maximum Gasteiger partial charge on any atom is 0.265 e. The number of benzene rings is 2. The smallest absolute Gasteiger partial charge is 0.265 e. The molecule has 0 aliphatic rings. The second-order valence-corrected chi connectivity index (χ2v) is 8.15. The molecule has 0 aliphatic carbocycles. The van der Waals surface area contributed by atoms with Crippen LogP contribution >= 0.6 is 11.6 Å². The van der Waals surface area contributed by atoms with Crippen LogP contribution in [0.2, 0.25) is 5.02 Å². The van der Waals surface area contributed by atoms with Crippen LogP contribution in [-0.2, 0) is 10.0 Å². The molecule has 3 rings (SSSR count). The summed E-state index contributed by atoms with van der Waals surface area (Å²) in [5, 5.41) is 4.98. The highest BCUT2D eigenvalue weighted by atomic mass is 35.5. The first kappa shape index (κ1) is 20.0. The molecule has 0 radical (unpaired) electrons. The van der Waals surface area contributed by atoms with E-state index in [4.69, 9.17) is 21.1 Å². The van der Waals surface area contributed by atoms with Gasteiger partial charge in [0.2, 0.25) is 0 Å². The summed E-state index contributed by atoms with van der Waals surface area (Å²) < 4.78 is 40.7. The summed E-state index contributed by atoms with van der Waals surface area (Å²) in [7, 11) is -0.895. The van der Waals surface area contributed by atoms with Gasteiger partial charge in [0.25, 0.3) is 10.0 Å². The molecule has 1 N–H and O–H groups in total. The maximum absolute atomic E-state index is 13.1. The lowest BCUT2D eigenvalue weighted by Crippen LogP contribution is -2.15. The molecular formula is C19H20ClN3O4S. The van der Waals surface area contributed by atoms with Crippen molar-refractivity contribution in [3.63, 3.8) is 0 Å². The van der Waals surface area contributed by atoms with Crippen LogP contribution in [0.25, 0.3) is 5.69 Å². The van der Waals surface area contributed by atoms with Gasteiger partial charge in [-0.05, 0) is 38.1 Å². The number of aryl methyl sites for hydroxylation is 1. The van der Waals surface area contributed by atoms with E-state index in [-0.39, 0.29) is 4.90 Å². The van der Waals surface area contributed by atoms with Crippen molar-refractivity contribution in [1.82, 2.24) is 9.78 Å². The molecule has 3 aromatic rings. The molecule has 7 nitrogen and oxygen atoms in total. The predicted molar refractivity (Wildman–Crippen MR) is 108 cm³/mol. The summed E-state index contributed by atoms with van der Waals surface area (Å²) in [4.78, 5) is 0.115. The van der Waals surface area contributed by atoms with Gasteiger partial charge in [0.15, 0.2) is 0 Å². The Morgan fingerprint density at radius 3 is 2.11 bits per heavy atom. The van der Waals surface area contributed by atoms with Crippen molar-refractivity contribution < 1.29 is 17.9 Å². The molecule has 0 saturated heterocycles. The van der Waals surface area contributed by atoms with Crippen LogP contribution in [0.3, 0.4) is 0 Å².